The molecular weight excluding hydrogens is 258 g/mol. The Hall–Kier alpha value is -0.910. The zero-order valence-corrected chi connectivity index (χ0v) is 10.7. The van der Waals surface area contributed by atoms with Crippen LogP contribution in [-0.2, 0) is 6.42 Å². The van der Waals surface area contributed by atoms with Gasteiger partial charge >= 0.3 is 0 Å². The third-order valence-corrected chi connectivity index (χ3v) is 3.96. The van der Waals surface area contributed by atoms with E-state index >= 15 is 0 Å². The van der Waals surface area contributed by atoms with Gasteiger partial charge in [0.2, 0.25) is 5.89 Å². The summed E-state index contributed by atoms with van der Waals surface area (Å²) in [5, 5.41) is 14.0. The lowest BCUT2D eigenvalue weighted by molar-refractivity contribution is 0.495. The van der Waals surface area contributed by atoms with E-state index in [2.05, 4.69) is 15.5 Å². The Balaban J connectivity index is 1.63. The highest BCUT2D eigenvalue weighted by molar-refractivity contribution is 7.14. The van der Waals surface area contributed by atoms with Crippen molar-refractivity contribution >= 4 is 22.9 Å². The van der Waals surface area contributed by atoms with Gasteiger partial charge in [-0.1, -0.05) is 11.6 Å². The quantitative estimate of drug-likeness (QED) is 0.907. The molecule has 0 aromatic carbocycles. The molecule has 1 saturated carbocycles. The summed E-state index contributed by atoms with van der Waals surface area (Å²) >= 11 is 7.52. The van der Waals surface area contributed by atoms with Crippen LogP contribution in [-0.4, -0.2) is 22.8 Å². The van der Waals surface area contributed by atoms with Crippen LogP contribution in [0.25, 0.3) is 10.8 Å². The van der Waals surface area contributed by atoms with E-state index in [1.165, 1.54) is 24.2 Å². The first kappa shape index (κ1) is 11.2. The molecule has 4 nitrogen and oxygen atoms in total. The van der Waals surface area contributed by atoms with Crippen LogP contribution < -0.4 is 5.32 Å². The van der Waals surface area contributed by atoms with E-state index in [1.54, 1.807) is 0 Å². The average Bonchev–Trinajstić information content (AvgIpc) is 2.85. The van der Waals surface area contributed by atoms with Gasteiger partial charge in [-0.05, 0) is 24.3 Å². The largest absolute Gasteiger partial charge is 0.420 e. The second kappa shape index (κ2) is 4.76. The predicted molar refractivity (Wildman–Crippen MR) is 67.3 cm³/mol. The first-order valence-corrected chi connectivity index (χ1v) is 6.88. The van der Waals surface area contributed by atoms with Crippen molar-refractivity contribution in [3.05, 3.63) is 22.4 Å². The minimum Gasteiger partial charge on any atom is -0.420 e. The van der Waals surface area contributed by atoms with E-state index in [1.807, 2.05) is 11.4 Å². The molecule has 2 aromatic rings. The van der Waals surface area contributed by atoms with Gasteiger partial charge < -0.3 is 9.73 Å². The smallest absolute Gasteiger partial charge is 0.259 e. The maximum absolute atomic E-state index is 6.01. The van der Waals surface area contributed by atoms with E-state index in [4.69, 9.17) is 16.0 Å². The van der Waals surface area contributed by atoms with Crippen molar-refractivity contribution in [2.24, 2.45) is 0 Å². The zero-order chi connectivity index (χ0) is 11.7. The van der Waals surface area contributed by atoms with Gasteiger partial charge in [-0.15, -0.1) is 21.5 Å². The molecule has 0 atom stereocenters. The van der Waals surface area contributed by atoms with Gasteiger partial charge in [0, 0.05) is 19.0 Å². The standard InChI is InChI=1S/C11H12ClN3OS/c12-8-4-6-17-10(8)11-15-14-9(16-11)3-5-13-7-1-2-7/h4,6-7,13H,1-3,5H2. The summed E-state index contributed by atoms with van der Waals surface area (Å²) in [7, 11) is 0. The summed E-state index contributed by atoms with van der Waals surface area (Å²) < 4.78 is 5.57. The van der Waals surface area contributed by atoms with Crippen LogP contribution in [0.15, 0.2) is 15.9 Å². The summed E-state index contributed by atoms with van der Waals surface area (Å²) in [6.07, 6.45) is 3.35. The fourth-order valence-electron chi connectivity index (χ4n) is 1.56. The maximum atomic E-state index is 6.01. The van der Waals surface area contributed by atoms with Gasteiger partial charge in [-0.25, -0.2) is 0 Å². The fourth-order valence-corrected chi connectivity index (χ4v) is 2.62. The number of hydrogen-bond donors (Lipinski definition) is 1. The molecule has 0 radical (unpaired) electrons. The zero-order valence-electron chi connectivity index (χ0n) is 9.15. The molecule has 0 saturated heterocycles. The highest BCUT2D eigenvalue weighted by Crippen LogP contribution is 2.32. The van der Waals surface area contributed by atoms with E-state index in [0.29, 0.717) is 22.8 Å². The lowest BCUT2D eigenvalue weighted by atomic mass is 10.4. The molecule has 2 aromatic heterocycles. The molecule has 17 heavy (non-hydrogen) atoms. The molecule has 1 aliphatic rings. The van der Waals surface area contributed by atoms with Crippen LogP contribution >= 0.6 is 22.9 Å². The average molecular weight is 270 g/mol. The first-order chi connectivity index (χ1) is 8.33. The van der Waals surface area contributed by atoms with Gasteiger partial charge in [0.05, 0.1) is 5.02 Å². The Bertz CT molecular complexity index is 506. The number of hydrogen-bond acceptors (Lipinski definition) is 5. The minimum atomic E-state index is 0.520. The third-order valence-electron chi connectivity index (χ3n) is 2.63. The number of thiophene rings is 1. The van der Waals surface area contributed by atoms with Crippen LogP contribution in [0.5, 0.6) is 0 Å². The Kier molecular flexibility index (Phi) is 3.13. The summed E-state index contributed by atoms with van der Waals surface area (Å²) in [5.74, 6) is 1.18. The highest BCUT2D eigenvalue weighted by atomic mass is 35.5. The number of nitrogens with zero attached hydrogens (tertiary/aromatic N) is 2. The SMILES string of the molecule is Clc1ccsc1-c1nnc(CCNC2CC2)o1. The fraction of sp³-hybridized carbons (Fsp3) is 0.455. The Labute approximate surface area is 108 Å². The van der Waals surface area contributed by atoms with Crippen LogP contribution in [0.1, 0.15) is 18.7 Å². The minimum absolute atomic E-state index is 0.520. The second-order valence-corrected chi connectivity index (χ2v) is 5.40. The molecule has 0 aliphatic heterocycles. The van der Waals surface area contributed by atoms with Gasteiger partial charge in [-0.2, -0.15) is 0 Å². The molecule has 1 N–H and O–H groups in total. The normalized spacial score (nSPS) is 15.4. The van der Waals surface area contributed by atoms with Crippen LogP contribution in [0.2, 0.25) is 5.02 Å². The molecule has 0 bridgehead atoms. The molecular formula is C11H12ClN3OS. The molecule has 6 heteroatoms. The van der Waals surface area contributed by atoms with Gasteiger partial charge in [-0.3, -0.25) is 0 Å². The summed E-state index contributed by atoms with van der Waals surface area (Å²) in [4.78, 5) is 0.848. The van der Waals surface area contributed by atoms with Crippen molar-refractivity contribution in [1.29, 1.82) is 0 Å². The maximum Gasteiger partial charge on any atom is 0.259 e. The molecule has 0 unspecified atom stereocenters. The van der Waals surface area contributed by atoms with Crippen molar-refractivity contribution in [3.63, 3.8) is 0 Å². The Morgan fingerprint density at radius 2 is 2.35 bits per heavy atom. The highest BCUT2D eigenvalue weighted by Gasteiger charge is 2.20. The molecule has 3 rings (SSSR count). The van der Waals surface area contributed by atoms with Crippen LogP contribution in [0.3, 0.4) is 0 Å². The van der Waals surface area contributed by atoms with Crippen molar-refractivity contribution in [2.45, 2.75) is 25.3 Å². The predicted octanol–water partition coefficient (Wildman–Crippen LogP) is 2.75. The Morgan fingerprint density at radius 1 is 1.47 bits per heavy atom. The van der Waals surface area contributed by atoms with Crippen molar-refractivity contribution in [3.8, 4) is 10.8 Å². The van der Waals surface area contributed by atoms with Crippen molar-refractivity contribution in [2.75, 3.05) is 6.54 Å². The van der Waals surface area contributed by atoms with E-state index in [-0.39, 0.29) is 0 Å². The Morgan fingerprint density at radius 3 is 3.06 bits per heavy atom. The molecule has 90 valence electrons. The van der Waals surface area contributed by atoms with Gasteiger partial charge in [0.15, 0.2) is 0 Å². The summed E-state index contributed by atoms with van der Waals surface area (Å²) in [6, 6.07) is 2.55. The number of nitrogens with one attached hydrogen (secondary N) is 1. The second-order valence-electron chi connectivity index (χ2n) is 4.08. The first-order valence-electron chi connectivity index (χ1n) is 5.62. The van der Waals surface area contributed by atoms with E-state index < -0.39 is 0 Å². The summed E-state index contributed by atoms with van der Waals surface area (Å²) in [5.41, 5.74) is 0. The number of rotatable bonds is 5. The lowest BCUT2D eigenvalue weighted by Crippen LogP contribution is -2.19. The molecule has 0 spiro atoms. The molecule has 1 fully saturated rings. The van der Waals surface area contributed by atoms with Crippen molar-refractivity contribution < 1.29 is 4.42 Å². The lowest BCUT2D eigenvalue weighted by Gasteiger charge is -1.97. The molecule has 1 aliphatic carbocycles. The van der Waals surface area contributed by atoms with Crippen LogP contribution in [0.4, 0.5) is 0 Å². The molecule has 0 amide bonds. The van der Waals surface area contributed by atoms with Gasteiger partial charge in [0.25, 0.3) is 5.89 Å². The van der Waals surface area contributed by atoms with E-state index in [0.717, 1.165) is 17.8 Å². The summed E-state index contributed by atoms with van der Waals surface area (Å²) in [6.45, 7) is 0.893. The number of aromatic nitrogens is 2. The number of halogens is 1. The van der Waals surface area contributed by atoms with Crippen LogP contribution in [0, 0.1) is 0 Å². The van der Waals surface area contributed by atoms with Gasteiger partial charge in [0.1, 0.15) is 4.88 Å². The third kappa shape index (κ3) is 2.68. The topological polar surface area (TPSA) is 51.0 Å². The van der Waals surface area contributed by atoms with Crippen molar-refractivity contribution in [1.82, 2.24) is 15.5 Å². The van der Waals surface area contributed by atoms with E-state index in [9.17, 15) is 0 Å². The monoisotopic (exact) mass is 269 g/mol. The molecule has 2 heterocycles.